The summed E-state index contributed by atoms with van der Waals surface area (Å²) >= 11 is 0. The average molecular weight is 183 g/mol. The molecule has 0 N–H and O–H groups in total. The highest BCUT2D eigenvalue weighted by Gasteiger charge is 2.46. The topological polar surface area (TPSA) is 29.5 Å². The molecule has 0 unspecified atom stereocenters. The zero-order valence-corrected chi connectivity index (χ0v) is 8.21. The van der Waals surface area contributed by atoms with Gasteiger partial charge in [0.2, 0.25) is 0 Å². The summed E-state index contributed by atoms with van der Waals surface area (Å²) in [5, 5.41) is 0. The van der Waals surface area contributed by atoms with E-state index in [4.69, 9.17) is 4.74 Å². The Bertz CT molecular complexity index is 201. The van der Waals surface area contributed by atoms with E-state index in [1.54, 1.807) is 0 Å². The largest absolute Gasteiger partial charge is 0.450 e. The van der Waals surface area contributed by atoms with Gasteiger partial charge in [0, 0.05) is 18.5 Å². The van der Waals surface area contributed by atoms with Crippen molar-refractivity contribution in [1.82, 2.24) is 4.90 Å². The molecular formula is C10H17NO2. The fourth-order valence-electron chi connectivity index (χ4n) is 2.55. The van der Waals surface area contributed by atoms with Crippen LogP contribution in [0.3, 0.4) is 0 Å². The van der Waals surface area contributed by atoms with Crippen LogP contribution < -0.4 is 0 Å². The summed E-state index contributed by atoms with van der Waals surface area (Å²) in [6.45, 7) is 4.21. The molecule has 1 aliphatic heterocycles. The highest BCUT2D eigenvalue weighted by Crippen LogP contribution is 2.45. The van der Waals surface area contributed by atoms with Gasteiger partial charge in [0.1, 0.15) is 0 Å². The summed E-state index contributed by atoms with van der Waals surface area (Å²) in [6.07, 6.45) is 5.18. The van der Waals surface area contributed by atoms with Gasteiger partial charge in [0.15, 0.2) is 0 Å². The van der Waals surface area contributed by atoms with Crippen LogP contribution in [0.2, 0.25) is 0 Å². The third-order valence-electron chi connectivity index (χ3n) is 3.24. The van der Waals surface area contributed by atoms with E-state index in [1.807, 2.05) is 11.8 Å². The Balaban J connectivity index is 1.80. The molecule has 0 aromatic heterocycles. The number of rotatable bonds is 1. The van der Waals surface area contributed by atoms with Gasteiger partial charge in [-0.1, -0.05) is 12.8 Å². The van der Waals surface area contributed by atoms with E-state index in [0.717, 1.165) is 13.1 Å². The first-order valence-corrected chi connectivity index (χ1v) is 5.17. The molecular weight excluding hydrogens is 166 g/mol. The molecule has 2 fully saturated rings. The lowest BCUT2D eigenvalue weighted by Crippen LogP contribution is -2.57. The molecule has 3 nitrogen and oxygen atoms in total. The van der Waals surface area contributed by atoms with E-state index in [1.165, 1.54) is 25.7 Å². The molecule has 1 amide bonds. The maximum Gasteiger partial charge on any atom is 0.409 e. The van der Waals surface area contributed by atoms with E-state index < -0.39 is 0 Å². The van der Waals surface area contributed by atoms with Gasteiger partial charge in [0.25, 0.3) is 0 Å². The normalized spacial score (nSPS) is 24.5. The lowest BCUT2D eigenvalue weighted by atomic mass is 9.79. The van der Waals surface area contributed by atoms with Crippen LogP contribution in [-0.4, -0.2) is 30.7 Å². The molecule has 2 aliphatic rings. The first kappa shape index (κ1) is 8.85. The number of carbonyl (C=O) groups excluding carboxylic acids is 1. The van der Waals surface area contributed by atoms with Crippen molar-refractivity contribution in [3.8, 4) is 0 Å². The monoisotopic (exact) mass is 183 g/mol. The van der Waals surface area contributed by atoms with Crippen molar-refractivity contribution in [3.05, 3.63) is 0 Å². The summed E-state index contributed by atoms with van der Waals surface area (Å²) in [5.74, 6) is 0. The predicted octanol–water partition coefficient (Wildman–Crippen LogP) is 2.02. The second-order valence-electron chi connectivity index (χ2n) is 4.26. The molecule has 0 aromatic rings. The van der Waals surface area contributed by atoms with E-state index in [-0.39, 0.29) is 6.09 Å². The van der Waals surface area contributed by atoms with Crippen LogP contribution >= 0.6 is 0 Å². The first-order valence-electron chi connectivity index (χ1n) is 5.17. The number of hydrogen-bond donors (Lipinski definition) is 0. The van der Waals surface area contributed by atoms with Gasteiger partial charge >= 0.3 is 6.09 Å². The lowest BCUT2D eigenvalue weighted by Gasteiger charge is -2.47. The van der Waals surface area contributed by atoms with Crippen molar-refractivity contribution >= 4 is 6.09 Å². The average Bonchev–Trinajstić information content (AvgIpc) is 2.49. The van der Waals surface area contributed by atoms with Crippen LogP contribution in [0.25, 0.3) is 0 Å². The minimum atomic E-state index is -0.125. The second-order valence-corrected chi connectivity index (χ2v) is 4.26. The summed E-state index contributed by atoms with van der Waals surface area (Å²) in [6, 6.07) is 0. The highest BCUT2D eigenvalue weighted by atomic mass is 16.6. The zero-order chi connectivity index (χ0) is 9.31. The summed E-state index contributed by atoms with van der Waals surface area (Å²) in [4.78, 5) is 13.1. The lowest BCUT2D eigenvalue weighted by molar-refractivity contribution is 0.00199. The Hall–Kier alpha value is -0.730. The van der Waals surface area contributed by atoms with Gasteiger partial charge in [-0.05, 0) is 19.8 Å². The van der Waals surface area contributed by atoms with Crippen LogP contribution in [-0.2, 0) is 4.74 Å². The smallest absolute Gasteiger partial charge is 0.409 e. The van der Waals surface area contributed by atoms with E-state index in [9.17, 15) is 4.79 Å². The number of likely N-dealkylation sites (tertiary alicyclic amines) is 1. The zero-order valence-electron chi connectivity index (χ0n) is 8.21. The van der Waals surface area contributed by atoms with Crippen molar-refractivity contribution < 1.29 is 9.53 Å². The molecule has 1 saturated heterocycles. The Kier molecular flexibility index (Phi) is 2.18. The van der Waals surface area contributed by atoms with Crippen molar-refractivity contribution in [2.24, 2.45) is 5.41 Å². The Morgan fingerprint density at radius 1 is 1.38 bits per heavy atom. The molecule has 13 heavy (non-hydrogen) atoms. The van der Waals surface area contributed by atoms with Gasteiger partial charge in [0.05, 0.1) is 6.61 Å². The van der Waals surface area contributed by atoms with Gasteiger partial charge in [-0.2, -0.15) is 0 Å². The molecule has 0 atom stereocenters. The predicted molar refractivity (Wildman–Crippen MR) is 49.5 cm³/mol. The quantitative estimate of drug-likeness (QED) is 0.622. The maximum absolute atomic E-state index is 11.3. The van der Waals surface area contributed by atoms with Gasteiger partial charge in [-0.3, -0.25) is 0 Å². The Labute approximate surface area is 79.0 Å². The van der Waals surface area contributed by atoms with E-state index in [2.05, 4.69) is 0 Å². The molecule has 0 bridgehead atoms. The summed E-state index contributed by atoms with van der Waals surface area (Å²) in [5.41, 5.74) is 0.493. The number of nitrogens with zero attached hydrogens (tertiary/aromatic N) is 1. The van der Waals surface area contributed by atoms with E-state index >= 15 is 0 Å². The third-order valence-corrected chi connectivity index (χ3v) is 3.24. The maximum atomic E-state index is 11.3. The van der Waals surface area contributed by atoms with E-state index in [0.29, 0.717) is 12.0 Å². The van der Waals surface area contributed by atoms with Gasteiger partial charge in [-0.15, -0.1) is 0 Å². The number of ether oxygens (including phenoxy) is 1. The number of carbonyl (C=O) groups is 1. The Morgan fingerprint density at radius 2 is 2.00 bits per heavy atom. The van der Waals surface area contributed by atoms with Crippen molar-refractivity contribution in [2.75, 3.05) is 19.7 Å². The molecule has 3 heteroatoms. The molecule has 1 saturated carbocycles. The fraction of sp³-hybridized carbons (Fsp3) is 0.900. The fourth-order valence-corrected chi connectivity index (χ4v) is 2.55. The molecule has 1 spiro atoms. The standard InChI is InChI=1S/C10H17NO2/c1-2-13-9(12)11-7-10(8-11)5-3-4-6-10/h2-8H2,1H3. The third kappa shape index (κ3) is 1.52. The number of amides is 1. The Morgan fingerprint density at radius 3 is 2.54 bits per heavy atom. The van der Waals surface area contributed by atoms with Crippen LogP contribution in [0.5, 0.6) is 0 Å². The minimum Gasteiger partial charge on any atom is -0.450 e. The van der Waals surface area contributed by atoms with Crippen LogP contribution in [0, 0.1) is 5.41 Å². The number of hydrogen-bond acceptors (Lipinski definition) is 2. The highest BCUT2D eigenvalue weighted by molar-refractivity contribution is 5.68. The molecule has 0 radical (unpaired) electrons. The van der Waals surface area contributed by atoms with Crippen LogP contribution in [0.15, 0.2) is 0 Å². The van der Waals surface area contributed by atoms with Crippen molar-refractivity contribution in [3.63, 3.8) is 0 Å². The molecule has 1 heterocycles. The minimum absolute atomic E-state index is 0.125. The molecule has 1 aliphatic carbocycles. The first-order chi connectivity index (χ1) is 6.26. The molecule has 2 rings (SSSR count). The van der Waals surface area contributed by atoms with Gasteiger partial charge < -0.3 is 9.64 Å². The molecule has 74 valence electrons. The SMILES string of the molecule is CCOC(=O)N1CC2(CCCC2)C1. The van der Waals surface area contributed by atoms with Crippen molar-refractivity contribution in [2.45, 2.75) is 32.6 Å². The summed E-state index contributed by atoms with van der Waals surface area (Å²) in [7, 11) is 0. The second kappa shape index (κ2) is 3.20. The van der Waals surface area contributed by atoms with Crippen molar-refractivity contribution in [1.29, 1.82) is 0 Å². The van der Waals surface area contributed by atoms with Gasteiger partial charge in [-0.25, -0.2) is 4.79 Å². The van der Waals surface area contributed by atoms with Crippen LogP contribution in [0.1, 0.15) is 32.6 Å². The van der Waals surface area contributed by atoms with Crippen LogP contribution in [0.4, 0.5) is 4.79 Å². The molecule has 0 aromatic carbocycles. The summed E-state index contributed by atoms with van der Waals surface area (Å²) < 4.78 is 4.94.